The molecular weight excluding hydrogens is 392 g/mol. The van der Waals surface area contributed by atoms with Gasteiger partial charge in [-0.25, -0.2) is 4.79 Å². The van der Waals surface area contributed by atoms with Gasteiger partial charge in [0.25, 0.3) is 5.91 Å². The number of aryl methyl sites for hydroxylation is 2. The SMILES string of the molecule is Cc1nn(CCC(=O)Nc2sc(C(N)=O)c(C)c2C(=O)OC(C)C)cc1Cl. The fourth-order valence-electron chi connectivity index (χ4n) is 2.37. The number of halogens is 1. The molecule has 0 aliphatic rings. The van der Waals surface area contributed by atoms with E-state index in [1.165, 1.54) is 0 Å². The summed E-state index contributed by atoms with van der Waals surface area (Å²) in [5.41, 5.74) is 6.58. The smallest absolute Gasteiger partial charge is 0.341 e. The van der Waals surface area contributed by atoms with Gasteiger partial charge in [-0.15, -0.1) is 11.3 Å². The molecule has 0 aromatic carbocycles. The number of hydrogen-bond acceptors (Lipinski definition) is 6. The first-order valence-electron chi connectivity index (χ1n) is 8.23. The number of nitrogens with zero attached hydrogens (tertiary/aromatic N) is 2. The monoisotopic (exact) mass is 412 g/mol. The number of aromatic nitrogens is 2. The lowest BCUT2D eigenvalue weighted by Gasteiger charge is -2.10. The third-order valence-corrected chi connectivity index (χ3v) is 5.22. The van der Waals surface area contributed by atoms with Crippen molar-refractivity contribution in [1.29, 1.82) is 0 Å². The summed E-state index contributed by atoms with van der Waals surface area (Å²) in [4.78, 5) is 36.5. The van der Waals surface area contributed by atoms with Gasteiger partial charge in [0.15, 0.2) is 0 Å². The first kappa shape index (κ1) is 20.9. The number of ether oxygens (including phenoxy) is 1. The number of rotatable bonds is 7. The number of nitrogens with one attached hydrogen (secondary N) is 1. The van der Waals surface area contributed by atoms with E-state index in [9.17, 15) is 14.4 Å². The number of anilines is 1. The molecule has 0 bridgehead atoms. The van der Waals surface area contributed by atoms with Crippen LogP contribution in [0.15, 0.2) is 6.20 Å². The van der Waals surface area contributed by atoms with E-state index in [1.807, 2.05) is 0 Å². The van der Waals surface area contributed by atoms with Gasteiger partial charge in [-0.1, -0.05) is 11.6 Å². The van der Waals surface area contributed by atoms with E-state index in [0.717, 1.165) is 11.3 Å². The van der Waals surface area contributed by atoms with Crippen molar-refractivity contribution in [3.05, 3.63) is 32.9 Å². The quantitative estimate of drug-likeness (QED) is 0.678. The van der Waals surface area contributed by atoms with Crippen LogP contribution in [0.1, 0.15) is 51.6 Å². The Morgan fingerprint density at radius 2 is 2.04 bits per heavy atom. The average Bonchev–Trinajstić information content (AvgIpc) is 3.04. The number of hydrogen-bond donors (Lipinski definition) is 2. The Hall–Kier alpha value is -2.39. The lowest BCUT2D eigenvalue weighted by molar-refractivity contribution is -0.116. The van der Waals surface area contributed by atoms with Gasteiger partial charge < -0.3 is 15.8 Å². The van der Waals surface area contributed by atoms with Crippen molar-refractivity contribution in [2.75, 3.05) is 5.32 Å². The maximum absolute atomic E-state index is 12.4. The number of nitrogens with two attached hydrogens (primary N) is 1. The molecular formula is C17H21ClN4O4S. The number of thiophene rings is 1. The fourth-order valence-corrected chi connectivity index (χ4v) is 3.58. The standard InChI is InChI=1S/C17H21ClN4O4S/c1-8(2)26-17(25)13-9(3)14(15(19)24)27-16(13)20-12(23)5-6-22-7-11(18)10(4)21-22/h7-8H,5-6H2,1-4H3,(H2,19,24)(H,20,23). The van der Waals surface area contributed by atoms with Gasteiger partial charge in [-0.3, -0.25) is 14.3 Å². The zero-order chi connectivity index (χ0) is 20.3. The number of esters is 1. The molecule has 0 aliphatic heterocycles. The lowest BCUT2D eigenvalue weighted by Crippen LogP contribution is -2.18. The van der Waals surface area contributed by atoms with Crippen molar-refractivity contribution in [3.8, 4) is 0 Å². The van der Waals surface area contributed by atoms with Gasteiger partial charge in [0.2, 0.25) is 5.91 Å². The summed E-state index contributed by atoms with van der Waals surface area (Å²) in [6.07, 6.45) is 1.40. The van der Waals surface area contributed by atoms with Crippen molar-refractivity contribution in [3.63, 3.8) is 0 Å². The van der Waals surface area contributed by atoms with Crippen LogP contribution in [-0.2, 0) is 16.1 Å². The van der Waals surface area contributed by atoms with E-state index in [0.29, 0.717) is 22.8 Å². The van der Waals surface area contributed by atoms with Crippen LogP contribution in [0.25, 0.3) is 0 Å². The highest BCUT2D eigenvalue weighted by Crippen LogP contribution is 2.33. The van der Waals surface area contributed by atoms with Gasteiger partial charge in [-0.05, 0) is 33.3 Å². The van der Waals surface area contributed by atoms with Crippen LogP contribution in [-0.4, -0.2) is 33.7 Å². The molecule has 8 nitrogen and oxygen atoms in total. The Kier molecular flexibility index (Phi) is 6.61. The van der Waals surface area contributed by atoms with E-state index in [1.54, 1.807) is 38.6 Å². The van der Waals surface area contributed by atoms with Crippen LogP contribution >= 0.6 is 22.9 Å². The maximum atomic E-state index is 12.4. The molecule has 0 radical (unpaired) electrons. The molecule has 0 saturated heterocycles. The van der Waals surface area contributed by atoms with E-state index >= 15 is 0 Å². The molecule has 0 aliphatic carbocycles. The normalized spacial score (nSPS) is 10.9. The minimum atomic E-state index is -0.668. The molecule has 0 spiro atoms. The van der Waals surface area contributed by atoms with Gasteiger partial charge in [0.1, 0.15) is 5.00 Å². The zero-order valence-electron chi connectivity index (χ0n) is 15.5. The second kappa shape index (κ2) is 8.53. The van der Waals surface area contributed by atoms with E-state index < -0.39 is 11.9 Å². The largest absolute Gasteiger partial charge is 0.459 e. The molecule has 2 heterocycles. The molecule has 0 saturated carbocycles. The summed E-state index contributed by atoms with van der Waals surface area (Å²) in [7, 11) is 0. The Morgan fingerprint density at radius 1 is 1.37 bits per heavy atom. The van der Waals surface area contributed by atoms with E-state index in [2.05, 4.69) is 10.4 Å². The van der Waals surface area contributed by atoms with Gasteiger partial charge in [0, 0.05) is 19.2 Å². The molecule has 146 valence electrons. The summed E-state index contributed by atoms with van der Waals surface area (Å²) in [5, 5.41) is 7.62. The van der Waals surface area contributed by atoms with Gasteiger partial charge in [-0.2, -0.15) is 5.10 Å². The van der Waals surface area contributed by atoms with Crippen LogP contribution in [0.4, 0.5) is 5.00 Å². The molecule has 3 N–H and O–H groups in total. The summed E-state index contributed by atoms with van der Waals surface area (Å²) >= 11 is 6.90. The second-order valence-electron chi connectivity index (χ2n) is 6.20. The molecule has 27 heavy (non-hydrogen) atoms. The summed E-state index contributed by atoms with van der Waals surface area (Å²) < 4.78 is 6.78. The van der Waals surface area contributed by atoms with Crippen molar-refractivity contribution in [2.45, 2.75) is 46.8 Å². The topological polar surface area (TPSA) is 116 Å². The Morgan fingerprint density at radius 3 is 2.56 bits per heavy atom. The number of carbonyl (C=O) groups is 3. The van der Waals surface area contributed by atoms with Crippen LogP contribution < -0.4 is 11.1 Å². The third kappa shape index (κ3) is 5.08. The highest BCUT2D eigenvalue weighted by molar-refractivity contribution is 7.18. The molecule has 2 aromatic heterocycles. The Labute approximate surface area is 165 Å². The van der Waals surface area contributed by atoms with Crippen molar-refractivity contribution in [1.82, 2.24) is 9.78 Å². The number of amides is 2. The number of primary amides is 1. The lowest BCUT2D eigenvalue weighted by atomic mass is 10.1. The average molecular weight is 413 g/mol. The highest BCUT2D eigenvalue weighted by atomic mass is 35.5. The van der Waals surface area contributed by atoms with Crippen LogP contribution in [0.3, 0.4) is 0 Å². The Balaban J connectivity index is 2.18. The molecule has 2 aromatic rings. The highest BCUT2D eigenvalue weighted by Gasteiger charge is 2.26. The van der Waals surface area contributed by atoms with Crippen LogP contribution in [0.5, 0.6) is 0 Å². The van der Waals surface area contributed by atoms with Crippen LogP contribution in [0, 0.1) is 13.8 Å². The molecule has 0 fully saturated rings. The summed E-state index contributed by atoms with van der Waals surface area (Å²) in [6.45, 7) is 7.11. The van der Waals surface area contributed by atoms with Crippen molar-refractivity contribution >= 4 is 45.7 Å². The first-order chi connectivity index (χ1) is 12.6. The summed E-state index contributed by atoms with van der Waals surface area (Å²) in [6, 6.07) is 0. The second-order valence-corrected chi connectivity index (χ2v) is 7.63. The zero-order valence-corrected chi connectivity index (χ0v) is 17.0. The molecule has 0 atom stereocenters. The van der Waals surface area contributed by atoms with Crippen LogP contribution in [0.2, 0.25) is 5.02 Å². The van der Waals surface area contributed by atoms with Gasteiger partial charge in [0.05, 0.1) is 27.3 Å². The predicted molar refractivity (Wildman–Crippen MR) is 103 cm³/mol. The molecule has 2 rings (SSSR count). The van der Waals surface area contributed by atoms with Gasteiger partial charge >= 0.3 is 5.97 Å². The van der Waals surface area contributed by atoms with E-state index in [-0.39, 0.29) is 33.9 Å². The predicted octanol–water partition coefficient (Wildman–Crippen LogP) is 2.91. The molecule has 0 unspecified atom stereocenters. The Bertz CT molecular complexity index is 868. The van der Waals surface area contributed by atoms with E-state index in [4.69, 9.17) is 22.1 Å². The first-order valence-corrected chi connectivity index (χ1v) is 9.43. The summed E-state index contributed by atoms with van der Waals surface area (Å²) in [5.74, 6) is -1.62. The minimum Gasteiger partial charge on any atom is -0.459 e. The fraction of sp³-hybridized carbons (Fsp3) is 0.412. The number of carbonyl (C=O) groups excluding carboxylic acids is 3. The van der Waals surface area contributed by atoms with Crippen molar-refractivity contribution < 1.29 is 19.1 Å². The third-order valence-electron chi connectivity index (χ3n) is 3.62. The molecule has 10 heteroatoms. The van der Waals surface area contributed by atoms with Crippen molar-refractivity contribution in [2.24, 2.45) is 5.73 Å². The minimum absolute atomic E-state index is 0.110. The maximum Gasteiger partial charge on any atom is 0.341 e. The molecule has 2 amide bonds.